The highest BCUT2D eigenvalue weighted by Gasteiger charge is 2.38. The molecule has 1 fully saturated rings. The van der Waals surface area contributed by atoms with E-state index >= 15 is 0 Å². The molecule has 78 valence electrons. The molecule has 2 radical (unpaired) electrons. The van der Waals surface area contributed by atoms with E-state index in [0.717, 1.165) is 5.28 Å². The van der Waals surface area contributed by atoms with Crippen molar-refractivity contribution in [2.45, 2.75) is 31.2 Å². The molecule has 0 nitrogen and oxygen atoms in total. The van der Waals surface area contributed by atoms with Gasteiger partial charge in [-0.15, -0.1) is 0 Å². The van der Waals surface area contributed by atoms with Gasteiger partial charge in [0.1, 0.15) is 7.57 Å². The van der Waals surface area contributed by atoms with Crippen LogP contribution in [-0.4, -0.2) is 27.1 Å². The average Bonchev–Trinajstić information content (AvgIpc) is 2.66. The largest absolute Gasteiger partial charge is 0.156 e. The van der Waals surface area contributed by atoms with Gasteiger partial charge in [-0.25, -0.2) is 0 Å². The zero-order valence-electron chi connectivity index (χ0n) is 9.61. The fraction of sp³-hybridized carbons (Fsp3) is 0.500. The van der Waals surface area contributed by atoms with E-state index in [2.05, 4.69) is 43.4 Å². The fourth-order valence-electron chi connectivity index (χ4n) is 2.62. The lowest BCUT2D eigenvalue weighted by molar-refractivity contribution is 0.903. The van der Waals surface area contributed by atoms with Crippen LogP contribution < -0.4 is 5.19 Å². The molecule has 1 aliphatic rings. The van der Waals surface area contributed by atoms with Gasteiger partial charge in [-0.05, 0) is 24.3 Å². The van der Waals surface area contributed by atoms with Gasteiger partial charge >= 0.3 is 0 Å². The first-order valence-electron chi connectivity index (χ1n) is 5.69. The lowest BCUT2D eigenvalue weighted by Crippen LogP contribution is -2.50. The van der Waals surface area contributed by atoms with Crippen molar-refractivity contribution in [3.63, 3.8) is 0 Å². The smallest absolute Gasteiger partial charge is 0.109 e. The molecular weight excluding hydrogens is 214 g/mol. The molecule has 0 aromatic heterocycles. The number of rotatable bonds is 2. The van der Waals surface area contributed by atoms with E-state index in [1.807, 2.05) is 0 Å². The summed E-state index contributed by atoms with van der Waals surface area (Å²) in [5.41, 5.74) is 0. The Hall–Kier alpha value is -0.0682. The van der Waals surface area contributed by atoms with Crippen molar-refractivity contribution in [1.82, 2.24) is 0 Å². The molecule has 2 atom stereocenters. The van der Waals surface area contributed by atoms with Crippen LogP contribution in [0.25, 0.3) is 0 Å². The van der Waals surface area contributed by atoms with Gasteiger partial charge in [0.25, 0.3) is 0 Å². The van der Waals surface area contributed by atoms with Gasteiger partial charge in [0.2, 0.25) is 0 Å². The second kappa shape index (κ2) is 4.43. The van der Waals surface area contributed by atoms with Gasteiger partial charge in [0.05, 0.1) is 8.07 Å². The summed E-state index contributed by atoms with van der Waals surface area (Å²) in [5, 5.41) is 2.42. The third kappa shape index (κ3) is 2.21. The van der Waals surface area contributed by atoms with Crippen LogP contribution in [0.5, 0.6) is 0 Å². The maximum Gasteiger partial charge on any atom is 0.109 e. The maximum absolute atomic E-state index is 6.30. The van der Waals surface area contributed by atoms with Crippen LogP contribution >= 0.6 is 7.80 Å². The van der Waals surface area contributed by atoms with Crippen LogP contribution in [0.4, 0.5) is 0 Å². The molecule has 1 unspecified atom stereocenters. The predicted octanol–water partition coefficient (Wildman–Crippen LogP) is 2.87. The summed E-state index contributed by atoms with van der Waals surface area (Å²) in [6, 6.07) is 11.0. The highest BCUT2D eigenvalue weighted by molar-refractivity contribution is 7.85. The van der Waals surface area contributed by atoms with Crippen molar-refractivity contribution in [2.75, 3.05) is 6.16 Å². The first-order chi connectivity index (χ1) is 7.12. The molecular formula is C12H18BPSi. The van der Waals surface area contributed by atoms with E-state index in [4.69, 9.17) is 7.57 Å². The van der Waals surface area contributed by atoms with Crippen LogP contribution in [0.2, 0.25) is 13.1 Å². The van der Waals surface area contributed by atoms with Crippen LogP contribution in [0.3, 0.4) is 0 Å². The van der Waals surface area contributed by atoms with Crippen LogP contribution in [-0.2, 0) is 0 Å². The van der Waals surface area contributed by atoms with Crippen molar-refractivity contribution in [2.24, 2.45) is 0 Å². The van der Waals surface area contributed by atoms with Crippen LogP contribution in [0.1, 0.15) is 12.8 Å². The third-order valence-electron chi connectivity index (χ3n) is 3.65. The molecule has 1 saturated heterocycles. The standard InChI is InChI=1S/C12H18BPSi/c1-15(2,11-7-4-3-5-8-11)12-9-6-10-14(12)13/h3-5,7-8,12H,6,9-10H2,1-2H3/t12-,14?/m0/s1. The van der Waals surface area contributed by atoms with Gasteiger partial charge in [-0.2, -0.15) is 7.80 Å². The SMILES string of the molecule is [B]P1CCC[C@@H]1[Si](C)(C)c1ccccc1. The summed E-state index contributed by atoms with van der Waals surface area (Å²) in [7, 11) is 4.82. The van der Waals surface area contributed by atoms with Crippen molar-refractivity contribution >= 4 is 28.6 Å². The minimum absolute atomic E-state index is 0.178. The van der Waals surface area contributed by atoms with Crippen molar-refractivity contribution < 1.29 is 0 Å². The Bertz CT molecular complexity index is 326. The second-order valence-electron chi connectivity index (χ2n) is 4.98. The van der Waals surface area contributed by atoms with Gasteiger partial charge in [-0.3, -0.25) is 0 Å². The molecule has 1 heterocycles. The molecule has 0 saturated carbocycles. The zero-order valence-corrected chi connectivity index (χ0v) is 11.5. The summed E-state index contributed by atoms with van der Waals surface area (Å²) in [6.45, 7) is 4.97. The summed E-state index contributed by atoms with van der Waals surface area (Å²) in [6.07, 6.45) is 4.02. The molecule has 0 amide bonds. The Morgan fingerprint density at radius 2 is 1.93 bits per heavy atom. The molecule has 2 rings (SSSR count). The second-order valence-corrected chi connectivity index (χ2v) is 12.3. The van der Waals surface area contributed by atoms with E-state index in [0.29, 0.717) is 0 Å². The molecule has 0 aliphatic carbocycles. The Kier molecular flexibility index (Phi) is 3.37. The fourth-order valence-corrected chi connectivity index (χ4v) is 10.5. The molecule has 1 aromatic carbocycles. The quantitative estimate of drug-likeness (QED) is 0.543. The van der Waals surface area contributed by atoms with Crippen molar-refractivity contribution in [3.8, 4) is 0 Å². The molecule has 1 aliphatic heterocycles. The Morgan fingerprint density at radius 3 is 2.47 bits per heavy atom. The summed E-state index contributed by atoms with van der Waals surface area (Å²) in [4.78, 5) is 0. The van der Waals surface area contributed by atoms with Crippen molar-refractivity contribution in [3.05, 3.63) is 30.3 Å². The first kappa shape index (κ1) is 11.4. The van der Waals surface area contributed by atoms with Crippen molar-refractivity contribution in [1.29, 1.82) is 0 Å². The third-order valence-corrected chi connectivity index (χ3v) is 12.2. The lowest BCUT2D eigenvalue weighted by Gasteiger charge is -2.33. The molecule has 3 heteroatoms. The summed E-state index contributed by atoms with van der Waals surface area (Å²) in [5.74, 6) is 0. The molecule has 0 spiro atoms. The Balaban J connectivity index is 2.26. The maximum atomic E-state index is 6.30. The summed E-state index contributed by atoms with van der Waals surface area (Å²) >= 11 is 0. The van der Waals surface area contributed by atoms with Gasteiger partial charge in [0, 0.05) is 0 Å². The number of hydrogen-bond acceptors (Lipinski definition) is 0. The van der Waals surface area contributed by atoms with E-state index in [1.165, 1.54) is 19.0 Å². The number of benzene rings is 1. The minimum atomic E-state index is -1.31. The zero-order chi connectivity index (χ0) is 10.9. The molecule has 1 aromatic rings. The molecule has 0 bridgehead atoms. The minimum Gasteiger partial charge on any atom is -0.156 e. The Morgan fingerprint density at radius 1 is 1.27 bits per heavy atom. The van der Waals surface area contributed by atoms with Gasteiger partial charge in [-0.1, -0.05) is 48.6 Å². The van der Waals surface area contributed by atoms with Gasteiger partial charge < -0.3 is 0 Å². The first-order valence-corrected chi connectivity index (χ1v) is 10.4. The average molecular weight is 232 g/mol. The van der Waals surface area contributed by atoms with Gasteiger partial charge in [0.15, 0.2) is 0 Å². The van der Waals surface area contributed by atoms with E-state index in [9.17, 15) is 0 Å². The predicted molar refractivity (Wildman–Crippen MR) is 74.1 cm³/mol. The molecule has 0 N–H and O–H groups in total. The monoisotopic (exact) mass is 232 g/mol. The summed E-state index contributed by atoms with van der Waals surface area (Å²) < 4.78 is 0. The van der Waals surface area contributed by atoms with Crippen LogP contribution in [0, 0.1) is 0 Å². The Labute approximate surface area is 96.6 Å². The highest BCUT2D eigenvalue weighted by atomic mass is 31.1. The number of hydrogen-bond donors (Lipinski definition) is 0. The highest BCUT2D eigenvalue weighted by Crippen LogP contribution is 2.49. The van der Waals surface area contributed by atoms with Crippen LogP contribution in [0.15, 0.2) is 30.3 Å². The van der Waals surface area contributed by atoms with E-state index in [1.54, 1.807) is 5.19 Å². The topological polar surface area (TPSA) is 0 Å². The van der Waals surface area contributed by atoms with E-state index < -0.39 is 8.07 Å². The normalized spacial score (nSPS) is 26.8. The van der Waals surface area contributed by atoms with E-state index in [-0.39, 0.29) is 7.80 Å². The lowest BCUT2D eigenvalue weighted by atomic mass is 10.4. The molecule has 15 heavy (non-hydrogen) atoms.